The van der Waals surface area contributed by atoms with E-state index in [1.54, 1.807) is 0 Å². The number of benzene rings is 2. The monoisotopic (exact) mass is 377 g/mol. The molecule has 4 rings (SSSR count). The van der Waals surface area contributed by atoms with E-state index in [9.17, 15) is 0 Å². The lowest BCUT2D eigenvalue weighted by Crippen LogP contribution is -1.82. The van der Waals surface area contributed by atoms with E-state index in [1.165, 1.54) is 11.1 Å². The maximum absolute atomic E-state index is 4.47. The Kier molecular flexibility index (Phi) is 3.82. The van der Waals surface area contributed by atoms with E-state index >= 15 is 0 Å². The van der Waals surface area contributed by atoms with Gasteiger partial charge in [0.25, 0.3) is 0 Å². The first kappa shape index (κ1) is 15.0. The molecule has 0 saturated carbocycles. The summed E-state index contributed by atoms with van der Waals surface area (Å²) in [6.07, 6.45) is 1.88. The van der Waals surface area contributed by atoms with Crippen LogP contribution < -0.4 is 0 Å². The van der Waals surface area contributed by atoms with Crippen LogP contribution in [0.2, 0.25) is 0 Å². The topological polar surface area (TPSA) is 44.5 Å². The number of nitrogens with zero attached hydrogens (tertiary/aromatic N) is 1. The number of rotatable bonds is 3. The summed E-state index contributed by atoms with van der Waals surface area (Å²) in [4.78, 5) is 11.1. The van der Waals surface area contributed by atoms with Gasteiger partial charge in [-0.15, -0.1) is 0 Å². The molecule has 2 aromatic carbocycles. The molecular formula is C20H16BrN3. The molecule has 0 fully saturated rings. The van der Waals surface area contributed by atoms with E-state index in [2.05, 4.69) is 79.4 Å². The average Bonchev–Trinajstić information content (AvgIpc) is 3.25. The molecule has 4 heteroatoms. The molecular weight excluding hydrogens is 362 g/mol. The van der Waals surface area contributed by atoms with Gasteiger partial charge in [-0.2, -0.15) is 0 Å². The highest BCUT2D eigenvalue weighted by atomic mass is 79.9. The molecule has 118 valence electrons. The van der Waals surface area contributed by atoms with Crippen molar-refractivity contribution in [3.05, 3.63) is 77.0 Å². The smallest absolute Gasteiger partial charge is 0.154 e. The third-order valence-corrected chi connectivity index (χ3v) is 4.56. The highest BCUT2D eigenvalue weighted by Gasteiger charge is 2.07. The van der Waals surface area contributed by atoms with E-state index in [-0.39, 0.29) is 0 Å². The summed E-state index contributed by atoms with van der Waals surface area (Å²) in [5.74, 6) is 0.857. The summed E-state index contributed by atoms with van der Waals surface area (Å²) in [5.41, 5.74) is 6.67. The summed E-state index contributed by atoms with van der Waals surface area (Å²) in [7, 11) is 0. The van der Waals surface area contributed by atoms with Crippen LogP contribution >= 0.6 is 15.9 Å². The summed E-state index contributed by atoms with van der Waals surface area (Å²) < 4.78 is 1.09. The average molecular weight is 378 g/mol. The molecule has 2 aromatic heterocycles. The zero-order valence-electron chi connectivity index (χ0n) is 13.2. The zero-order chi connectivity index (χ0) is 16.5. The van der Waals surface area contributed by atoms with Gasteiger partial charge in [0.05, 0.1) is 17.6 Å². The van der Waals surface area contributed by atoms with Gasteiger partial charge in [-0.3, -0.25) is 0 Å². The number of aromatic nitrogens is 3. The molecule has 0 unspecified atom stereocenters. The Morgan fingerprint density at radius 3 is 1.96 bits per heavy atom. The maximum Gasteiger partial charge on any atom is 0.154 e. The molecule has 0 saturated heterocycles. The van der Waals surface area contributed by atoms with E-state index in [1.807, 2.05) is 25.3 Å². The highest BCUT2D eigenvalue weighted by molar-refractivity contribution is 9.10. The number of aromatic amines is 2. The molecule has 0 bridgehead atoms. The Bertz CT molecular complexity index is 963. The fourth-order valence-corrected chi connectivity index (χ4v) is 3.00. The predicted octanol–water partition coefficient (Wildman–Crippen LogP) is 5.81. The number of halogens is 1. The van der Waals surface area contributed by atoms with Crippen LogP contribution in [-0.2, 0) is 0 Å². The fraction of sp³-hybridized carbons (Fsp3) is 0.0500. The fourth-order valence-electron chi connectivity index (χ4n) is 2.73. The van der Waals surface area contributed by atoms with Crippen LogP contribution in [-0.4, -0.2) is 15.0 Å². The van der Waals surface area contributed by atoms with Crippen molar-refractivity contribution in [2.75, 3.05) is 0 Å². The molecule has 0 aliphatic carbocycles. The molecule has 3 nitrogen and oxygen atoms in total. The molecule has 0 aliphatic rings. The Labute approximate surface area is 148 Å². The van der Waals surface area contributed by atoms with Gasteiger partial charge in [-0.05, 0) is 47.9 Å². The van der Waals surface area contributed by atoms with Gasteiger partial charge in [-0.1, -0.05) is 52.3 Å². The van der Waals surface area contributed by atoms with E-state index in [4.69, 9.17) is 0 Å². The third kappa shape index (κ3) is 2.93. The first-order valence-electron chi connectivity index (χ1n) is 7.76. The van der Waals surface area contributed by atoms with Gasteiger partial charge in [0, 0.05) is 10.2 Å². The second-order valence-corrected chi connectivity index (χ2v) is 6.70. The van der Waals surface area contributed by atoms with E-state index in [0.717, 1.165) is 32.9 Å². The van der Waals surface area contributed by atoms with Crippen molar-refractivity contribution in [2.45, 2.75) is 6.92 Å². The van der Waals surface area contributed by atoms with Crippen LogP contribution in [0.5, 0.6) is 0 Å². The van der Waals surface area contributed by atoms with Gasteiger partial charge >= 0.3 is 0 Å². The van der Waals surface area contributed by atoms with Gasteiger partial charge in [0.2, 0.25) is 0 Å². The van der Waals surface area contributed by atoms with Crippen LogP contribution in [0, 0.1) is 6.92 Å². The second-order valence-electron chi connectivity index (χ2n) is 5.78. The van der Waals surface area contributed by atoms with Gasteiger partial charge < -0.3 is 9.97 Å². The van der Waals surface area contributed by atoms with Crippen LogP contribution in [0.1, 0.15) is 5.69 Å². The lowest BCUT2D eigenvalue weighted by Gasteiger charge is -2.04. The second kappa shape index (κ2) is 6.13. The number of aryl methyl sites for hydroxylation is 1. The van der Waals surface area contributed by atoms with Crippen molar-refractivity contribution >= 4 is 15.9 Å². The van der Waals surface area contributed by atoms with Crippen molar-refractivity contribution in [2.24, 2.45) is 0 Å². The minimum atomic E-state index is 0.857. The maximum atomic E-state index is 4.47. The predicted molar refractivity (Wildman–Crippen MR) is 102 cm³/mol. The Morgan fingerprint density at radius 2 is 1.33 bits per heavy atom. The normalized spacial score (nSPS) is 10.9. The first-order valence-corrected chi connectivity index (χ1v) is 8.56. The Morgan fingerprint density at radius 1 is 0.708 bits per heavy atom. The third-order valence-electron chi connectivity index (χ3n) is 4.04. The minimum absolute atomic E-state index is 0.857. The van der Waals surface area contributed by atoms with Gasteiger partial charge in [0.15, 0.2) is 5.82 Å². The molecule has 0 atom stereocenters. The van der Waals surface area contributed by atoms with E-state index < -0.39 is 0 Å². The lowest BCUT2D eigenvalue weighted by atomic mass is 10.0. The summed E-state index contributed by atoms with van der Waals surface area (Å²) in [5, 5.41) is 0. The quantitative estimate of drug-likeness (QED) is 0.464. The van der Waals surface area contributed by atoms with E-state index in [0.29, 0.717) is 0 Å². The highest BCUT2D eigenvalue weighted by Crippen LogP contribution is 2.26. The van der Waals surface area contributed by atoms with Crippen molar-refractivity contribution in [3.8, 4) is 33.9 Å². The minimum Gasteiger partial charge on any atom is -0.356 e. The van der Waals surface area contributed by atoms with Crippen molar-refractivity contribution in [1.82, 2.24) is 15.0 Å². The van der Waals surface area contributed by atoms with Crippen LogP contribution in [0.15, 0.2) is 71.3 Å². The molecule has 0 amide bonds. The number of imidazole rings is 1. The standard InChI is InChI=1S/C20H16BrN3/c1-13-2-11-18(23-13)20-22-12-19(24-20)16-5-3-14(4-6-16)15-7-9-17(21)10-8-15/h2-12,23H,1H3,(H,22,24). The Balaban J connectivity index is 1.61. The molecule has 0 aliphatic heterocycles. The van der Waals surface area contributed by atoms with Crippen LogP contribution in [0.4, 0.5) is 0 Å². The van der Waals surface area contributed by atoms with Gasteiger partial charge in [0.1, 0.15) is 0 Å². The van der Waals surface area contributed by atoms with Crippen molar-refractivity contribution in [3.63, 3.8) is 0 Å². The van der Waals surface area contributed by atoms with Gasteiger partial charge in [-0.25, -0.2) is 4.98 Å². The number of hydrogen-bond donors (Lipinski definition) is 2. The summed E-state index contributed by atoms with van der Waals surface area (Å²) >= 11 is 3.47. The largest absolute Gasteiger partial charge is 0.356 e. The Hall–Kier alpha value is -2.59. The molecule has 2 N–H and O–H groups in total. The number of H-pyrrole nitrogens is 2. The molecule has 2 heterocycles. The molecule has 0 radical (unpaired) electrons. The first-order chi connectivity index (χ1) is 11.7. The van der Waals surface area contributed by atoms with Crippen molar-refractivity contribution in [1.29, 1.82) is 0 Å². The lowest BCUT2D eigenvalue weighted by molar-refractivity contribution is 1.21. The molecule has 0 spiro atoms. The molecule has 24 heavy (non-hydrogen) atoms. The molecule has 4 aromatic rings. The van der Waals surface area contributed by atoms with Crippen LogP contribution in [0.25, 0.3) is 33.9 Å². The zero-order valence-corrected chi connectivity index (χ0v) is 14.8. The number of hydrogen-bond acceptors (Lipinski definition) is 1. The van der Waals surface area contributed by atoms with Crippen LogP contribution in [0.3, 0.4) is 0 Å². The SMILES string of the molecule is Cc1ccc(-c2ncc(-c3ccc(-c4ccc(Br)cc4)cc3)[nH]2)[nH]1. The summed E-state index contributed by atoms with van der Waals surface area (Å²) in [6.45, 7) is 2.04. The van der Waals surface area contributed by atoms with Crippen molar-refractivity contribution < 1.29 is 0 Å². The number of nitrogens with one attached hydrogen (secondary N) is 2. The summed E-state index contributed by atoms with van der Waals surface area (Å²) in [6, 6.07) is 20.9.